The first kappa shape index (κ1) is 40.1. The molecule has 20 heteroatoms. The molecule has 57 heavy (non-hydrogen) atoms. The maximum absolute atomic E-state index is 15.9. The number of imidazole rings is 2. The van der Waals surface area contributed by atoms with Crippen molar-refractivity contribution in [1.82, 2.24) is 24.0 Å². The fourth-order valence-corrected chi connectivity index (χ4v) is 6.77. The number of benzene rings is 4. The lowest BCUT2D eigenvalue weighted by molar-refractivity contribution is -0.383. The number of carbonyl (C=O) groups excluding carboxylic acids is 2. The Morgan fingerprint density at radius 3 is 1.84 bits per heavy atom. The molecular weight excluding hydrogens is 774 g/mol. The number of ether oxygens (including phenoxy) is 1. The van der Waals surface area contributed by atoms with E-state index in [1.165, 1.54) is 38.1 Å². The van der Waals surface area contributed by atoms with Crippen molar-refractivity contribution in [2.75, 3.05) is 0 Å². The summed E-state index contributed by atoms with van der Waals surface area (Å²) in [4.78, 5) is 50.3. The van der Waals surface area contributed by atoms with Gasteiger partial charge in [0.2, 0.25) is 11.6 Å². The summed E-state index contributed by atoms with van der Waals surface area (Å²) >= 11 is 0. The van der Waals surface area contributed by atoms with Crippen LogP contribution in [0.1, 0.15) is 49.0 Å². The average Bonchev–Trinajstić information content (AvgIpc) is 3.80. The number of hydrogen-bond acceptors (Lipinski definition) is 7. The molecule has 0 fully saturated rings. The molecule has 0 saturated carbocycles. The van der Waals surface area contributed by atoms with Crippen molar-refractivity contribution in [2.24, 2.45) is 5.73 Å². The molecule has 298 valence electrons. The van der Waals surface area contributed by atoms with Gasteiger partial charge < -0.3 is 15.4 Å². The Labute approximate surface area is 316 Å². The Bertz CT molecular complexity index is 2470. The molecule has 3 unspecified atom stereocenters. The monoisotopic (exact) mass is 803 g/mol. The van der Waals surface area contributed by atoms with Gasteiger partial charge in [0.1, 0.15) is 22.6 Å². The summed E-state index contributed by atoms with van der Waals surface area (Å²) in [5, 5.41) is 12.4. The number of aromatic nitrogens is 4. The number of fused-ring (bicyclic) bond motifs is 2. The van der Waals surface area contributed by atoms with E-state index in [0.717, 1.165) is 87.4 Å². The van der Waals surface area contributed by atoms with Crippen LogP contribution in [0.15, 0.2) is 97.6 Å². The third-order valence-corrected chi connectivity index (χ3v) is 9.48. The second kappa shape index (κ2) is 14.8. The van der Waals surface area contributed by atoms with Crippen LogP contribution in [-0.4, -0.2) is 53.3 Å². The molecule has 6 rings (SSSR count). The van der Waals surface area contributed by atoms with Gasteiger partial charge in [-0.1, -0.05) is 36.4 Å². The highest BCUT2D eigenvalue weighted by atomic mass is 19.4. The number of primary amides is 1. The maximum Gasteiger partial charge on any atom is 0.461 e. The summed E-state index contributed by atoms with van der Waals surface area (Å²) in [6, 6.07) is 12.8. The van der Waals surface area contributed by atoms with Gasteiger partial charge in [0, 0.05) is 6.07 Å². The van der Waals surface area contributed by atoms with Gasteiger partial charge >= 0.3 is 18.7 Å². The number of rotatable bonds is 13. The van der Waals surface area contributed by atoms with Crippen molar-refractivity contribution in [3.05, 3.63) is 130 Å². The third kappa shape index (κ3) is 7.29. The minimum Gasteiger partial charge on any atom is -0.428 e. The van der Waals surface area contributed by atoms with E-state index in [2.05, 4.69) is 14.7 Å². The number of non-ortho nitro benzene ring substituents is 1. The van der Waals surface area contributed by atoms with E-state index in [0.29, 0.717) is 0 Å². The Morgan fingerprint density at radius 1 is 0.825 bits per heavy atom. The average molecular weight is 804 g/mol. The molecule has 12 nitrogen and oxygen atoms in total. The number of nitrogens with zero attached hydrogens (tertiary/aromatic N) is 6. The molecule has 0 aliphatic carbocycles. The highest BCUT2D eigenvalue weighted by molar-refractivity contribution is 5.96. The van der Waals surface area contributed by atoms with Crippen LogP contribution >= 0.6 is 0 Å². The molecule has 3 atom stereocenters. The quantitative estimate of drug-likeness (QED) is 0.0704. The fraction of sp³-hybridized carbons (Fsp3) is 0.243. The number of hydrogen-bond donors (Lipinski definition) is 1. The maximum atomic E-state index is 15.9. The Kier molecular flexibility index (Phi) is 10.4. The third-order valence-electron chi connectivity index (χ3n) is 9.48. The van der Waals surface area contributed by atoms with Crippen LogP contribution in [0.5, 0.6) is 5.75 Å². The van der Waals surface area contributed by atoms with Crippen LogP contribution in [0.2, 0.25) is 0 Å². The lowest BCUT2D eigenvalue weighted by atomic mass is 9.94. The first-order valence-electron chi connectivity index (χ1n) is 16.7. The first-order valence-corrected chi connectivity index (χ1v) is 16.7. The minimum absolute atomic E-state index is 0.0258. The number of carbonyl (C=O) groups is 2. The second-order valence-electron chi connectivity index (χ2n) is 12.9. The number of halogens is 8. The first-order chi connectivity index (χ1) is 26.8. The molecule has 4 aromatic carbocycles. The van der Waals surface area contributed by atoms with Gasteiger partial charge in [-0.15, -0.1) is 0 Å². The van der Waals surface area contributed by atoms with Crippen LogP contribution in [0.25, 0.3) is 22.1 Å². The standard InChI is InChI=1S/C37H29F8N7O5/c1-20(22-9-13-24(14-10-22)36(41,42)43)51(21(2)23-11-15-25(16-12-23)57-37(44,45)33(39)40)34(54)35(17-30(46)53,49-18-47-27-6-3-5-26(38)31(27)49)50-19-48-28-7-4-8-29(32(28)50)52(55)56/h3-16,18-21,33H,17H2,1-2H3,(H2,46,53). The van der Waals surface area contributed by atoms with E-state index in [-0.39, 0.29) is 33.2 Å². The zero-order valence-corrected chi connectivity index (χ0v) is 29.5. The lowest BCUT2D eigenvalue weighted by Gasteiger charge is -2.44. The smallest absolute Gasteiger partial charge is 0.428 e. The van der Waals surface area contributed by atoms with Crippen LogP contribution in [0.4, 0.5) is 40.8 Å². The van der Waals surface area contributed by atoms with E-state index < -0.39 is 82.4 Å². The number of alkyl halides is 7. The molecule has 0 radical (unpaired) electrons. The molecule has 6 aromatic rings. The molecule has 0 bridgehead atoms. The molecule has 2 amide bonds. The zero-order valence-electron chi connectivity index (χ0n) is 29.5. The van der Waals surface area contributed by atoms with Gasteiger partial charge in [0.25, 0.3) is 11.6 Å². The van der Waals surface area contributed by atoms with E-state index in [1.807, 2.05) is 0 Å². The van der Waals surface area contributed by atoms with E-state index in [9.17, 15) is 45.6 Å². The normalized spacial score (nSPS) is 14.4. The number of amides is 2. The van der Waals surface area contributed by atoms with Crippen LogP contribution in [-0.2, 0) is 21.4 Å². The minimum atomic E-state index is -4.86. The van der Waals surface area contributed by atoms with Crippen molar-refractivity contribution in [1.29, 1.82) is 0 Å². The summed E-state index contributed by atoms with van der Waals surface area (Å²) in [6.07, 6.45) is -12.8. The molecule has 0 saturated heterocycles. The van der Waals surface area contributed by atoms with E-state index >= 15 is 9.18 Å². The van der Waals surface area contributed by atoms with Crippen molar-refractivity contribution in [3.8, 4) is 5.75 Å². The summed E-state index contributed by atoms with van der Waals surface area (Å²) in [5.74, 6) is -3.97. The summed E-state index contributed by atoms with van der Waals surface area (Å²) in [6.45, 7) is 2.83. The van der Waals surface area contributed by atoms with Crippen molar-refractivity contribution in [3.63, 3.8) is 0 Å². The summed E-state index contributed by atoms with van der Waals surface area (Å²) in [7, 11) is 0. The van der Waals surface area contributed by atoms with Crippen LogP contribution < -0.4 is 10.5 Å². The Morgan fingerprint density at radius 2 is 1.33 bits per heavy atom. The lowest BCUT2D eigenvalue weighted by Crippen LogP contribution is -2.57. The van der Waals surface area contributed by atoms with Gasteiger partial charge in [-0.25, -0.2) is 14.4 Å². The van der Waals surface area contributed by atoms with Crippen molar-refractivity contribution in [2.45, 2.75) is 56.7 Å². The van der Waals surface area contributed by atoms with Crippen LogP contribution in [0.3, 0.4) is 0 Å². The van der Waals surface area contributed by atoms with Gasteiger partial charge in [0.15, 0.2) is 0 Å². The van der Waals surface area contributed by atoms with Gasteiger partial charge in [0.05, 0.1) is 52.7 Å². The van der Waals surface area contributed by atoms with Gasteiger partial charge in [-0.3, -0.25) is 28.8 Å². The van der Waals surface area contributed by atoms with Crippen LogP contribution in [0, 0.1) is 15.9 Å². The molecule has 2 aromatic heterocycles. The largest absolute Gasteiger partial charge is 0.461 e. The molecule has 0 spiro atoms. The number of nitro benzene ring substituents is 1. The second-order valence-corrected chi connectivity index (χ2v) is 12.9. The fourth-order valence-electron chi connectivity index (χ4n) is 6.77. The zero-order chi connectivity index (χ0) is 41.6. The molecule has 2 N–H and O–H groups in total. The molecular formula is C37H29F8N7O5. The molecule has 0 aliphatic heterocycles. The number of para-hydroxylation sites is 2. The highest BCUT2D eigenvalue weighted by Gasteiger charge is 2.51. The van der Waals surface area contributed by atoms with Crippen molar-refractivity contribution < 1.29 is 54.4 Å². The number of nitro groups is 1. The Balaban J connectivity index is 1.65. The van der Waals surface area contributed by atoms with Crippen molar-refractivity contribution >= 4 is 39.6 Å². The summed E-state index contributed by atoms with van der Waals surface area (Å²) in [5.41, 5.74) is 1.03. The van der Waals surface area contributed by atoms with E-state index in [4.69, 9.17) is 5.73 Å². The SMILES string of the molecule is CC(c1ccc(OC(F)(F)C(F)F)cc1)N(C(=O)C(CC(N)=O)(n1cnc2cccc(F)c21)n1cnc2cccc([N+](=O)[O-])c21)C(C)c1ccc(C(F)(F)F)cc1. The Hall–Kier alpha value is -6.60. The highest BCUT2D eigenvalue weighted by Crippen LogP contribution is 2.42. The number of nitrogens with two attached hydrogens (primary N) is 1. The summed E-state index contributed by atoms with van der Waals surface area (Å²) < 4.78 is 116. The molecule has 2 heterocycles. The predicted octanol–water partition coefficient (Wildman–Crippen LogP) is 8.12. The van der Waals surface area contributed by atoms with E-state index in [1.54, 1.807) is 0 Å². The topological polar surface area (TPSA) is 151 Å². The van der Waals surface area contributed by atoms with Gasteiger partial charge in [-0.05, 0) is 67.4 Å². The van der Waals surface area contributed by atoms with Gasteiger partial charge in [-0.2, -0.15) is 30.7 Å². The molecule has 0 aliphatic rings. The predicted molar refractivity (Wildman–Crippen MR) is 186 cm³/mol.